The molecule has 168 valence electrons. The molecule has 0 aliphatic heterocycles. The fraction of sp³-hybridized carbons (Fsp3) is 0.241. The average Bonchev–Trinajstić information content (AvgIpc) is 3.47. The van der Waals surface area contributed by atoms with Crippen LogP contribution in [0.15, 0.2) is 90.1 Å². The molecule has 1 atom stereocenters. The van der Waals surface area contributed by atoms with Crippen LogP contribution >= 0.6 is 11.8 Å². The van der Waals surface area contributed by atoms with E-state index in [4.69, 9.17) is 0 Å². The van der Waals surface area contributed by atoms with Gasteiger partial charge in [-0.05, 0) is 53.5 Å². The molecule has 5 rings (SSSR count). The Labute approximate surface area is 200 Å². The van der Waals surface area contributed by atoms with Gasteiger partial charge in [0.25, 0.3) is 0 Å². The molecule has 0 aliphatic carbocycles. The van der Waals surface area contributed by atoms with E-state index in [-0.39, 0.29) is 0 Å². The third-order valence-electron chi connectivity index (χ3n) is 6.46. The summed E-state index contributed by atoms with van der Waals surface area (Å²) >= 11 is 1.90. The smallest absolute Gasteiger partial charge is 0.0478 e. The van der Waals surface area contributed by atoms with Gasteiger partial charge >= 0.3 is 0 Å². The number of aromatic nitrogens is 2. The Kier molecular flexibility index (Phi) is 6.45. The summed E-state index contributed by atoms with van der Waals surface area (Å²) in [5, 5.41) is 6.37. The van der Waals surface area contributed by atoms with Crippen molar-refractivity contribution < 1.29 is 0 Å². The third kappa shape index (κ3) is 4.53. The summed E-state index contributed by atoms with van der Waals surface area (Å²) in [7, 11) is 0. The highest BCUT2D eigenvalue weighted by Gasteiger charge is 2.23. The Balaban J connectivity index is 1.44. The van der Waals surface area contributed by atoms with E-state index in [1.807, 2.05) is 11.8 Å². The standard InChI is InChI=1S/C29H31N3S/c1-3-33-29-15-9-8-14-28(29)30-17-20(2)16-23(24-18-31-26-12-6-4-10-21(24)26)25-19-32-27-13-7-5-11-22(25)27/h4-15,18-20,23,30-32H,3,16-17H2,1-2H3. The first-order valence-electron chi connectivity index (χ1n) is 11.8. The predicted octanol–water partition coefficient (Wildman–Crippen LogP) is 8.03. The second-order valence-corrected chi connectivity index (χ2v) is 10.1. The van der Waals surface area contributed by atoms with Crippen LogP contribution in [0.25, 0.3) is 21.8 Å². The number of aromatic amines is 2. The zero-order chi connectivity index (χ0) is 22.6. The molecular formula is C29H31N3S. The van der Waals surface area contributed by atoms with Crippen molar-refractivity contribution in [1.82, 2.24) is 9.97 Å². The Bertz CT molecular complexity index is 1280. The van der Waals surface area contributed by atoms with E-state index in [2.05, 4.69) is 114 Å². The molecule has 1 unspecified atom stereocenters. The number of H-pyrrole nitrogens is 2. The van der Waals surface area contributed by atoms with Crippen molar-refractivity contribution >= 4 is 39.3 Å². The highest BCUT2D eigenvalue weighted by molar-refractivity contribution is 7.99. The molecule has 3 nitrogen and oxygen atoms in total. The summed E-state index contributed by atoms with van der Waals surface area (Å²) in [6, 6.07) is 25.9. The predicted molar refractivity (Wildman–Crippen MR) is 144 cm³/mol. The summed E-state index contributed by atoms with van der Waals surface area (Å²) < 4.78 is 0. The maximum absolute atomic E-state index is 3.73. The quantitative estimate of drug-likeness (QED) is 0.198. The van der Waals surface area contributed by atoms with Crippen molar-refractivity contribution in [1.29, 1.82) is 0 Å². The molecule has 3 aromatic carbocycles. The molecule has 0 saturated heterocycles. The topological polar surface area (TPSA) is 43.6 Å². The maximum Gasteiger partial charge on any atom is 0.0478 e. The largest absolute Gasteiger partial charge is 0.384 e. The van der Waals surface area contributed by atoms with Gasteiger partial charge < -0.3 is 15.3 Å². The first-order valence-corrected chi connectivity index (χ1v) is 12.8. The van der Waals surface area contributed by atoms with Crippen LogP contribution in [-0.2, 0) is 0 Å². The lowest BCUT2D eigenvalue weighted by molar-refractivity contribution is 0.523. The number of hydrogen-bond donors (Lipinski definition) is 3. The van der Waals surface area contributed by atoms with Gasteiger partial charge in [0.05, 0.1) is 0 Å². The van der Waals surface area contributed by atoms with Crippen LogP contribution in [-0.4, -0.2) is 22.3 Å². The minimum absolute atomic E-state index is 0.314. The van der Waals surface area contributed by atoms with Crippen molar-refractivity contribution in [3.63, 3.8) is 0 Å². The van der Waals surface area contributed by atoms with Gasteiger partial charge in [0.1, 0.15) is 0 Å². The number of anilines is 1. The highest BCUT2D eigenvalue weighted by Crippen LogP contribution is 2.39. The molecule has 5 aromatic rings. The molecule has 2 heterocycles. The fourth-order valence-corrected chi connectivity index (χ4v) is 5.63. The van der Waals surface area contributed by atoms with Crippen molar-refractivity contribution in [2.75, 3.05) is 17.6 Å². The van der Waals surface area contributed by atoms with Gasteiger partial charge in [-0.25, -0.2) is 0 Å². The molecular weight excluding hydrogens is 422 g/mol. The normalized spacial score (nSPS) is 12.6. The van der Waals surface area contributed by atoms with Gasteiger partial charge in [0, 0.05) is 57.2 Å². The highest BCUT2D eigenvalue weighted by atomic mass is 32.2. The minimum atomic E-state index is 0.314. The molecule has 0 spiro atoms. The van der Waals surface area contributed by atoms with E-state index in [0.717, 1.165) is 18.7 Å². The van der Waals surface area contributed by atoms with Gasteiger partial charge in [-0.2, -0.15) is 0 Å². The molecule has 0 bridgehead atoms. The van der Waals surface area contributed by atoms with Crippen molar-refractivity contribution in [2.45, 2.75) is 31.1 Å². The lowest BCUT2D eigenvalue weighted by Crippen LogP contribution is -2.15. The second kappa shape index (κ2) is 9.80. The zero-order valence-electron chi connectivity index (χ0n) is 19.3. The Morgan fingerprint density at radius 3 is 2.00 bits per heavy atom. The van der Waals surface area contributed by atoms with Crippen LogP contribution in [0.4, 0.5) is 5.69 Å². The second-order valence-electron chi connectivity index (χ2n) is 8.78. The molecule has 0 fully saturated rings. The minimum Gasteiger partial charge on any atom is -0.384 e. The van der Waals surface area contributed by atoms with Crippen LogP contribution in [0.1, 0.15) is 37.3 Å². The van der Waals surface area contributed by atoms with Crippen LogP contribution in [0, 0.1) is 5.92 Å². The molecule has 3 N–H and O–H groups in total. The van der Waals surface area contributed by atoms with Crippen molar-refractivity contribution in [2.24, 2.45) is 5.92 Å². The number of nitrogens with one attached hydrogen (secondary N) is 3. The summed E-state index contributed by atoms with van der Waals surface area (Å²) in [5.41, 5.74) is 6.41. The van der Waals surface area contributed by atoms with E-state index in [1.165, 1.54) is 43.5 Å². The Morgan fingerprint density at radius 2 is 1.36 bits per heavy atom. The van der Waals surface area contributed by atoms with Gasteiger partial charge in [-0.15, -0.1) is 11.8 Å². The molecule has 0 saturated carbocycles. The van der Waals surface area contributed by atoms with Crippen LogP contribution in [0.5, 0.6) is 0 Å². The van der Waals surface area contributed by atoms with Gasteiger partial charge in [0.2, 0.25) is 0 Å². The lowest BCUT2D eigenvalue weighted by atomic mass is 9.83. The van der Waals surface area contributed by atoms with Gasteiger partial charge in [-0.1, -0.05) is 62.4 Å². The Hall–Kier alpha value is -3.11. The van der Waals surface area contributed by atoms with Gasteiger partial charge in [0.15, 0.2) is 0 Å². The molecule has 2 aromatic heterocycles. The SMILES string of the molecule is CCSc1ccccc1NCC(C)CC(c1c[nH]c2ccccc12)c1c[nH]c2ccccc12. The molecule has 0 aliphatic rings. The van der Waals surface area contributed by atoms with E-state index in [1.54, 1.807) is 0 Å². The summed E-state index contributed by atoms with van der Waals surface area (Å²) in [5.74, 6) is 1.89. The fourth-order valence-electron chi connectivity index (χ4n) is 4.85. The average molecular weight is 454 g/mol. The van der Waals surface area contributed by atoms with E-state index in [0.29, 0.717) is 11.8 Å². The van der Waals surface area contributed by atoms with Crippen LogP contribution in [0.2, 0.25) is 0 Å². The van der Waals surface area contributed by atoms with Crippen molar-refractivity contribution in [3.05, 3.63) is 96.3 Å². The first-order chi connectivity index (χ1) is 16.2. The van der Waals surface area contributed by atoms with E-state index in [9.17, 15) is 0 Å². The number of fused-ring (bicyclic) bond motifs is 2. The molecule has 0 radical (unpaired) electrons. The first kappa shape index (κ1) is 21.7. The number of benzene rings is 3. The number of para-hydroxylation sites is 3. The summed E-state index contributed by atoms with van der Waals surface area (Å²) in [6.45, 7) is 5.51. The Morgan fingerprint density at radius 1 is 0.788 bits per heavy atom. The van der Waals surface area contributed by atoms with E-state index < -0.39 is 0 Å². The number of hydrogen-bond acceptors (Lipinski definition) is 2. The van der Waals surface area contributed by atoms with Gasteiger partial charge in [-0.3, -0.25) is 0 Å². The third-order valence-corrected chi connectivity index (χ3v) is 7.41. The zero-order valence-corrected chi connectivity index (χ0v) is 20.1. The van der Waals surface area contributed by atoms with Crippen LogP contribution in [0.3, 0.4) is 0 Å². The monoisotopic (exact) mass is 453 g/mol. The summed E-state index contributed by atoms with van der Waals surface area (Å²) in [4.78, 5) is 8.34. The maximum atomic E-state index is 3.73. The van der Waals surface area contributed by atoms with Crippen molar-refractivity contribution in [3.8, 4) is 0 Å². The number of rotatable bonds is 9. The lowest BCUT2D eigenvalue weighted by Gasteiger charge is -2.22. The number of thioether (sulfide) groups is 1. The molecule has 4 heteroatoms. The summed E-state index contributed by atoms with van der Waals surface area (Å²) in [6.07, 6.45) is 5.49. The molecule has 0 amide bonds. The van der Waals surface area contributed by atoms with Crippen LogP contribution < -0.4 is 5.32 Å². The van der Waals surface area contributed by atoms with E-state index >= 15 is 0 Å². The molecule has 33 heavy (non-hydrogen) atoms.